The summed E-state index contributed by atoms with van der Waals surface area (Å²) in [4.78, 5) is 23.8. The largest absolute Gasteiger partial charge is 0.482 e. The number of rotatable bonds is 8. The molecule has 0 aromatic heterocycles. The van der Waals surface area contributed by atoms with Crippen molar-refractivity contribution in [3.05, 3.63) is 53.1 Å². The van der Waals surface area contributed by atoms with Crippen molar-refractivity contribution in [2.45, 2.75) is 31.1 Å². The number of benzene rings is 2. The molecule has 0 saturated carbocycles. The van der Waals surface area contributed by atoms with E-state index in [0.717, 1.165) is 9.87 Å². The number of nitrogens with one attached hydrogen (secondary N) is 1. The monoisotopic (exact) mass is 482 g/mol. The summed E-state index contributed by atoms with van der Waals surface area (Å²) in [6.07, 6.45) is 0. The summed E-state index contributed by atoms with van der Waals surface area (Å²) in [5.74, 6) is -0.842. The third-order valence-corrected chi connectivity index (χ3v) is 6.71. The van der Waals surface area contributed by atoms with Crippen molar-refractivity contribution < 1.29 is 27.5 Å². The van der Waals surface area contributed by atoms with Gasteiger partial charge in [0.25, 0.3) is 5.91 Å². The van der Waals surface area contributed by atoms with Crippen LogP contribution in [0.15, 0.2) is 47.4 Å². The van der Waals surface area contributed by atoms with Crippen LogP contribution < -0.4 is 10.1 Å². The number of esters is 1. The lowest BCUT2D eigenvalue weighted by molar-refractivity contribution is -0.149. The summed E-state index contributed by atoms with van der Waals surface area (Å²) in [6, 6.07) is 11.4. The van der Waals surface area contributed by atoms with E-state index in [2.05, 4.69) is 26.1 Å². The zero-order chi connectivity index (χ0) is 24.1. The van der Waals surface area contributed by atoms with Crippen molar-refractivity contribution in [2.75, 3.05) is 32.6 Å². The lowest BCUT2D eigenvalue weighted by atomic mass is 9.87. The summed E-state index contributed by atoms with van der Waals surface area (Å²) in [6.45, 7) is 5.38. The molecule has 174 valence electrons. The van der Waals surface area contributed by atoms with Gasteiger partial charge in [-0.05, 0) is 41.3 Å². The van der Waals surface area contributed by atoms with Gasteiger partial charge in [0.2, 0.25) is 10.0 Å². The van der Waals surface area contributed by atoms with Crippen molar-refractivity contribution in [3.8, 4) is 5.75 Å². The third kappa shape index (κ3) is 6.94. The maximum absolute atomic E-state index is 12.3. The topological polar surface area (TPSA) is 102 Å². The van der Waals surface area contributed by atoms with Gasteiger partial charge in [0, 0.05) is 19.8 Å². The minimum atomic E-state index is -3.79. The Morgan fingerprint density at radius 2 is 1.66 bits per heavy atom. The molecule has 0 spiro atoms. The standard InChI is InChI=1S/C22H27ClN2O6S/c1-22(2,3)15-6-9-17(10-7-15)30-14-21(27)31-13-20(26)24-16-8-11-18(23)19(12-16)32(28,29)25(4)5/h6-12H,13-14H2,1-5H3,(H,24,26). The van der Waals surface area contributed by atoms with Crippen LogP contribution in [0.25, 0.3) is 0 Å². The Balaban J connectivity index is 1.87. The average molecular weight is 483 g/mol. The Labute approximate surface area is 193 Å². The van der Waals surface area contributed by atoms with E-state index < -0.39 is 28.5 Å². The van der Waals surface area contributed by atoms with Crippen LogP contribution in [-0.2, 0) is 29.8 Å². The summed E-state index contributed by atoms with van der Waals surface area (Å²) in [5, 5.41) is 2.50. The lowest BCUT2D eigenvalue weighted by Crippen LogP contribution is -2.24. The maximum Gasteiger partial charge on any atom is 0.344 e. The van der Waals surface area contributed by atoms with E-state index in [1.807, 2.05) is 12.1 Å². The highest BCUT2D eigenvalue weighted by Gasteiger charge is 2.21. The molecule has 1 amide bonds. The summed E-state index contributed by atoms with van der Waals surface area (Å²) in [7, 11) is -1.04. The molecule has 2 aromatic rings. The van der Waals surface area contributed by atoms with Crippen LogP contribution in [-0.4, -0.2) is 51.9 Å². The van der Waals surface area contributed by atoms with E-state index in [1.165, 1.54) is 32.3 Å². The quantitative estimate of drug-likeness (QED) is 0.578. The highest BCUT2D eigenvalue weighted by molar-refractivity contribution is 7.89. The first kappa shape index (κ1) is 25.6. The predicted molar refractivity (Wildman–Crippen MR) is 123 cm³/mol. The smallest absolute Gasteiger partial charge is 0.344 e. The van der Waals surface area contributed by atoms with Gasteiger partial charge in [-0.2, -0.15) is 0 Å². The molecule has 1 N–H and O–H groups in total. The van der Waals surface area contributed by atoms with Crippen molar-refractivity contribution in [1.82, 2.24) is 4.31 Å². The van der Waals surface area contributed by atoms with Crippen LogP contribution in [0.4, 0.5) is 5.69 Å². The van der Waals surface area contributed by atoms with Crippen LogP contribution >= 0.6 is 11.6 Å². The molecule has 10 heteroatoms. The van der Waals surface area contributed by atoms with E-state index in [4.69, 9.17) is 21.1 Å². The molecule has 0 fully saturated rings. The molecule has 8 nitrogen and oxygen atoms in total. The zero-order valence-corrected chi connectivity index (χ0v) is 20.2. The number of hydrogen-bond acceptors (Lipinski definition) is 6. The molecule has 0 atom stereocenters. The minimum Gasteiger partial charge on any atom is -0.482 e. The molecule has 2 rings (SSSR count). The van der Waals surface area contributed by atoms with Gasteiger partial charge in [0.05, 0.1) is 5.02 Å². The minimum absolute atomic E-state index is 0.00627. The molecule has 0 bridgehead atoms. The fourth-order valence-electron chi connectivity index (χ4n) is 2.55. The Hall–Kier alpha value is -2.62. The molecule has 0 heterocycles. The van der Waals surface area contributed by atoms with Crippen molar-refractivity contribution in [3.63, 3.8) is 0 Å². The highest BCUT2D eigenvalue weighted by Crippen LogP contribution is 2.27. The second kappa shape index (κ2) is 10.3. The molecule has 0 unspecified atom stereocenters. The lowest BCUT2D eigenvalue weighted by Gasteiger charge is -2.19. The van der Waals surface area contributed by atoms with Crippen molar-refractivity contribution in [2.24, 2.45) is 0 Å². The number of ether oxygens (including phenoxy) is 2. The number of nitrogens with zero attached hydrogens (tertiary/aromatic N) is 1. The SMILES string of the molecule is CN(C)S(=O)(=O)c1cc(NC(=O)COC(=O)COc2ccc(C(C)(C)C)cc2)ccc1Cl. The van der Waals surface area contributed by atoms with Gasteiger partial charge in [-0.3, -0.25) is 4.79 Å². The molecule has 0 aliphatic rings. The van der Waals surface area contributed by atoms with Crippen LogP contribution in [0.1, 0.15) is 26.3 Å². The molecule has 32 heavy (non-hydrogen) atoms. The third-order valence-electron chi connectivity index (χ3n) is 4.41. The Bertz CT molecular complexity index is 1080. The van der Waals surface area contributed by atoms with Gasteiger partial charge >= 0.3 is 5.97 Å². The molecule has 0 aliphatic carbocycles. The summed E-state index contributed by atoms with van der Waals surface area (Å²) >= 11 is 5.98. The molecular formula is C22H27ClN2O6S. The predicted octanol–water partition coefficient (Wildman–Crippen LogP) is 3.45. The Morgan fingerprint density at radius 1 is 1.03 bits per heavy atom. The van der Waals surface area contributed by atoms with Crippen molar-refractivity contribution >= 4 is 39.2 Å². The molecule has 2 aromatic carbocycles. The van der Waals surface area contributed by atoms with Gasteiger partial charge in [-0.15, -0.1) is 0 Å². The van der Waals surface area contributed by atoms with Gasteiger partial charge in [0.15, 0.2) is 13.2 Å². The molecule has 0 radical (unpaired) electrons. The van der Waals surface area contributed by atoms with E-state index in [1.54, 1.807) is 12.1 Å². The second-order valence-electron chi connectivity index (χ2n) is 8.20. The number of halogens is 1. The van der Waals surface area contributed by atoms with Crippen molar-refractivity contribution in [1.29, 1.82) is 0 Å². The first-order chi connectivity index (χ1) is 14.8. The van der Waals surface area contributed by atoms with Gasteiger partial charge in [-0.25, -0.2) is 17.5 Å². The number of anilines is 1. The second-order valence-corrected chi connectivity index (χ2v) is 10.7. The van der Waals surface area contributed by atoms with Gasteiger partial charge < -0.3 is 14.8 Å². The number of amides is 1. The van der Waals surface area contributed by atoms with Crippen LogP contribution in [0.5, 0.6) is 5.75 Å². The fraction of sp³-hybridized carbons (Fsp3) is 0.364. The number of hydrogen-bond donors (Lipinski definition) is 1. The first-order valence-electron chi connectivity index (χ1n) is 9.71. The van der Waals surface area contributed by atoms with E-state index in [0.29, 0.717) is 5.75 Å². The summed E-state index contributed by atoms with van der Waals surface area (Å²) in [5.41, 5.74) is 1.34. The zero-order valence-electron chi connectivity index (χ0n) is 18.6. The first-order valence-corrected chi connectivity index (χ1v) is 11.5. The number of sulfonamides is 1. The van der Waals surface area contributed by atoms with Gasteiger partial charge in [0.1, 0.15) is 10.6 Å². The van der Waals surface area contributed by atoms with E-state index in [9.17, 15) is 18.0 Å². The summed E-state index contributed by atoms with van der Waals surface area (Å²) < 4.78 is 35.9. The van der Waals surface area contributed by atoms with Gasteiger partial charge in [-0.1, -0.05) is 44.5 Å². The normalized spacial score (nSPS) is 11.8. The molecule has 0 saturated heterocycles. The van der Waals surface area contributed by atoms with E-state index >= 15 is 0 Å². The number of carbonyl (C=O) groups is 2. The van der Waals surface area contributed by atoms with Crippen LogP contribution in [0.3, 0.4) is 0 Å². The maximum atomic E-state index is 12.3. The van der Waals surface area contributed by atoms with Crippen LogP contribution in [0, 0.1) is 0 Å². The molecular weight excluding hydrogens is 456 g/mol. The Morgan fingerprint density at radius 3 is 2.22 bits per heavy atom. The van der Waals surface area contributed by atoms with Crippen LogP contribution in [0.2, 0.25) is 5.02 Å². The Kier molecular flexibility index (Phi) is 8.28. The average Bonchev–Trinajstić information content (AvgIpc) is 2.71. The highest BCUT2D eigenvalue weighted by atomic mass is 35.5. The number of carbonyl (C=O) groups excluding carboxylic acids is 2. The molecule has 0 aliphatic heterocycles. The fourth-order valence-corrected chi connectivity index (χ4v) is 3.95. The van der Waals surface area contributed by atoms with E-state index in [-0.39, 0.29) is 27.6 Å².